The predicted molar refractivity (Wildman–Crippen MR) is 82.3 cm³/mol. The van der Waals surface area contributed by atoms with Crippen molar-refractivity contribution >= 4 is 26.5 Å². The van der Waals surface area contributed by atoms with E-state index in [4.69, 9.17) is 0 Å². The van der Waals surface area contributed by atoms with Crippen LogP contribution in [0.15, 0.2) is 36.7 Å². The van der Waals surface area contributed by atoms with E-state index < -0.39 is 10.0 Å². The van der Waals surface area contributed by atoms with Gasteiger partial charge in [0.25, 0.3) is 0 Å². The average molecular weight is 293 g/mol. The number of hydrogen-bond acceptors (Lipinski definition) is 4. The predicted octanol–water partition coefficient (Wildman–Crippen LogP) is 1.98. The Morgan fingerprint density at radius 2 is 2.05 bits per heavy atom. The molecule has 0 aliphatic heterocycles. The highest BCUT2D eigenvalue weighted by molar-refractivity contribution is 7.92. The smallest absolute Gasteiger partial charge is 0.233 e. The summed E-state index contributed by atoms with van der Waals surface area (Å²) in [5.74, 6) is 0.0592. The number of pyridine rings is 1. The fourth-order valence-electron chi connectivity index (χ4n) is 1.93. The maximum Gasteiger partial charge on any atom is 0.233 e. The first-order chi connectivity index (χ1) is 9.62. The maximum absolute atomic E-state index is 12.0. The van der Waals surface area contributed by atoms with Gasteiger partial charge in [0.15, 0.2) is 0 Å². The van der Waals surface area contributed by atoms with E-state index in [9.17, 15) is 8.42 Å². The molecule has 1 heterocycles. The Hall–Kier alpha value is -1.66. The number of aromatic nitrogens is 1. The Bertz CT molecular complexity index is 666. The highest BCUT2D eigenvalue weighted by atomic mass is 32.2. The van der Waals surface area contributed by atoms with Gasteiger partial charge in [0.2, 0.25) is 10.0 Å². The van der Waals surface area contributed by atoms with Crippen molar-refractivity contribution in [3.05, 3.63) is 36.7 Å². The third-order valence-electron chi connectivity index (χ3n) is 2.92. The Labute approximate surface area is 119 Å². The van der Waals surface area contributed by atoms with Crippen molar-refractivity contribution < 1.29 is 8.42 Å². The van der Waals surface area contributed by atoms with E-state index in [0.29, 0.717) is 12.2 Å². The zero-order chi connectivity index (χ0) is 14.4. The number of benzene rings is 1. The molecule has 0 amide bonds. The van der Waals surface area contributed by atoms with E-state index in [1.807, 2.05) is 25.1 Å². The number of nitrogens with one attached hydrogen (secondary N) is 2. The minimum absolute atomic E-state index is 0.0592. The molecule has 1 aromatic heterocycles. The van der Waals surface area contributed by atoms with Gasteiger partial charge < -0.3 is 5.32 Å². The van der Waals surface area contributed by atoms with Gasteiger partial charge >= 0.3 is 0 Å². The Morgan fingerprint density at radius 3 is 2.85 bits per heavy atom. The molecule has 6 heteroatoms. The molecule has 0 aliphatic carbocycles. The highest BCUT2D eigenvalue weighted by Crippen LogP contribution is 2.22. The van der Waals surface area contributed by atoms with Crippen molar-refractivity contribution in [1.82, 2.24) is 10.3 Å². The van der Waals surface area contributed by atoms with E-state index in [-0.39, 0.29) is 5.75 Å². The summed E-state index contributed by atoms with van der Waals surface area (Å²) >= 11 is 0. The zero-order valence-corrected chi connectivity index (χ0v) is 12.3. The molecule has 0 spiro atoms. The van der Waals surface area contributed by atoms with E-state index in [1.54, 1.807) is 18.5 Å². The van der Waals surface area contributed by atoms with Crippen molar-refractivity contribution in [1.29, 1.82) is 0 Å². The van der Waals surface area contributed by atoms with Crippen molar-refractivity contribution in [2.75, 3.05) is 23.6 Å². The molecule has 2 N–H and O–H groups in total. The molecule has 5 nitrogen and oxygen atoms in total. The molecule has 0 unspecified atom stereocenters. The fraction of sp³-hybridized carbons (Fsp3) is 0.357. The van der Waals surface area contributed by atoms with Crippen LogP contribution in [0.2, 0.25) is 0 Å². The first-order valence-electron chi connectivity index (χ1n) is 6.66. The summed E-state index contributed by atoms with van der Waals surface area (Å²) in [6.45, 7) is 3.32. The molecule has 1 aromatic carbocycles. The van der Waals surface area contributed by atoms with Gasteiger partial charge in [-0.25, -0.2) is 8.42 Å². The summed E-state index contributed by atoms with van der Waals surface area (Å²) in [5.41, 5.74) is 0.575. The molecule has 0 bridgehead atoms. The second-order valence-corrected chi connectivity index (χ2v) is 6.42. The van der Waals surface area contributed by atoms with Crippen LogP contribution < -0.4 is 10.0 Å². The third-order valence-corrected chi connectivity index (χ3v) is 4.20. The van der Waals surface area contributed by atoms with Crippen molar-refractivity contribution in [2.45, 2.75) is 13.3 Å². The topological polar surface area (TPSA) is 71.1 Å². The van der Waals surface area contributed by atoms with E-state index >= 15 is 0 Å². The number of sulfonamides is 1. The summed E-state index contributed by atoms with van der Waals surface area (Å²) in [6, 6.07) is 7.37. The van der Waals surface area contributed by atoms with Gasteiger partial charge in [-0.05, 0) is 30.5 Å². The molecule has 0 atom stereocenters. The van der Waals surface area contributed by atoms with Crippen LogP contribution in [-0.2, 0) is 10.0 Å². The number of fused-ring (bicyclic) bond motifs is 1. The number of anilines is 1. The van der Waals surface area contributed by atoms with E-state index in [0.717, 1.165) is 23.7 Å². The molecule has 0 saturated carbocycles. The fourth-order valence-corrected chi connectivity index (χ4v) is 2.96. The van der Waals surface area contributed by atoms with Crippen LogP contribution in [0.5, 0.6) is 0 Å². The van der Waals surface area contributed by atoms with Gasteiger partial charge in [0.05, 0.1) is 11.4 Å². The lowest BCUT2D eigenvalue weighted by molar-refractivity contribution is 0.595. The van der Waals surface area contributed by atoms with Gasteiger partial charge in [-0.1, -0.05) is 19.1 Å². The lowest BCUT2D eigenvalue weighted by atomic mass is 10.1. The molecule has 0 saturated heterocycles. The van der Waals surface area contributed by atoms with Crippen LogP contribution in [-0.4, -0.2) is 32.2 Å². The molecule has 108 valence electrons. The van der Waals surface area contributed by atoms with Crippen LogP contribution in [0.1, 0.15) is 13.3 Å². The molecular formula is C14H19N3O2S. The van der Waals surface area contributed by atoms with Crippen molar-refractivity contribution in [3.8, 4) is 0 Å². The van der Waals surface area contributed by atoms with E-state index in [2.05, 4.69) is 15.0 Å². The zero-order valence-electron chi connectivity index (χ0n) is 11.5. The van der Waals surface area contributed by atoms with Crippen molar-refractivity contribution in [2.24, 2.45) is 0 Å². The summed E-state index contributed by atoms with van der Waals surface area (Å²) in [7, 11) is -3.35. The molecule has 0 fully saturated rings. The van der Waals surface area contributed by atoms with Crippen LogP contribution in [0.25, 0.3) is 10.8 Å². The summed E-state index contributed by atoms with van der Waals surface area (Å²) < 4.78 is 26.7. The quantitative estimate of drug-likeness (QED) is 0.766. The standard InChI is InChI=1S/C14H19N3O2S/c1-2-7-15-9-10-20(18,19)17-14-5-3-4-12-6-8-16-11-13(12)14/h3-6,8,11,15,17H,2,7,9-10H2,1H3. The van der Waals surface area contributed by atoms with Gasteiger partial charge in [-0.3, -0.25) is 9.71 Å². The molecule has 2 rings (SSSR count). The monoisotopic (exact) mass is 293 g/mol. The first kappa shape index (κ1) is 14.7. The van der Waals surface area contributed by atoms with Crippen LogP contribution in [0.3, 0.4) is 0 Å². The molecule has 0 aliphatic rings. The largest absolute Gasteiger partial charge is 0.316 e. The molecule has 0 radical (unpaired) electrons. The Balaban J connectivity index is 2.11. The minimum Gasteiger partial charge on any atom is -0.316 e. The molecule has 2 aromatic rings. The summed E-state index contributed by atoms with van der Waals surface area (Å²) in [6.07, 6.45) is 4.35. The maximum atomic E-state index is 12.0. The van der Waals surface area contributed by atoms with E-state index in [1.165, 1.54) is 0 Å². The van der Waals surface area contributed by atoms with Crippen LogP contribution in [0.4, 0.5) is 5.69 Å². The normalized spacial score (nSPS) is 11.7. The SMILES string of the molecule is CCCNCCS(=O)(=O)Nc1cccc2ccncc12. The first-order valence-corrected chi connectivity index (χ1v) is 8.31. The Morgan fingerprint density at radius 1 is 1.20 bits per heavy atom. The lowest BCUT2D eigenvalue weighted by Crippen LogP contribution is -2.27. The Kier molecular flexibility index (Phi) is 4.92. The van der Waals surface area contributed by atoms with Crippen LogP contribution in [0, 0.1) is 0 Å². The number of hydrogen-bond donors (Lipinski definition) is 2. The third kappa shape index (κ3) is 3.91. The molecular weight excluding hydrogens is 274 g/mol. The number of nitrogens with zero attached hydrogens (tertiary/aromatic N) is 1. The van der Waals surface area contributed by atoms with Crippen molar-refractivity contribution in [3.63, 3.8) is 0 Å². The second-order valence-electron chi connectivity index (χ2n) is 4.57. The molecule has 20 heavy (non-hydrogen) atoms. The highest BCUT2D eigenvalue weighted by Gasteiger charge is 2.11. The van der Waals surface area contributed by atoms with Gasteiger partial charge in [-0.15, -0.1) is 0 Å². The van der Waals surface area contributed by atoms with Gasteiger partial charge in [-0.2, -0.15) is 0 Å². The van der Waals surface area contributed by atoms with Crippen LogP contribution >= 0.6 is 0 Å². The number of rotatable bonds is 7. The van der Waals surface area contributed by atoms with Gasteiger partial charge in [0, 0.05) is 24.3 Å². The minimum atomic E-state index is -3.35. The average Bonchev–Trinajstić information content (AvgIpc) is 2.44. The lowest BCUT2D eigenvalue weighted by Gasteiger charge is -2.10. The van der Waals surface area contributed by atoms with Gasteiger partial charge in [0.1, 0.15) is 0 Å². The summed E-state index contributed by atoms with van der Waals surface area (Å²) in [4.78, 5) is 4.04. The summed E-state index contributed by atoms with van der Waals surface area (Å²) in [5, 5.41) is 4.85. The second kappa shape index (κ2) is 6.67.